The summed E-state index contributed by atoms with van der Waals surface area (Å²) in [5.74, 6) is 0.392. The zero-order chi connectivity index (χ0) is 14.3. The fraction of sp³-hybridized carbons (Fsp3) is 0.316. The fourth-order valence-electron chi connectivity index (χ4n) is 3.99. The molecule has 4 rings (SSSR count). The van der Waals surface area contributed by atoms with Gasteiger partial charge >= 0.3 is 0 Å². The summed E-state index contributed by atoms with van der Waals surface area (Å²) in [7, 11) is 0. The van der Waals surface area contributed by atoms with Crippen molar-refractivity contribution in [1.29, 1.82) is 0 Å². The molecule has 1 aliphatic carbocycles. The van der Waals surface area contributed by atoms with Gasteiger partial charge in [-0.15, -0.1) is 0 Å². The van der Waals surface area contributed by atoms with E-state index in [1.807, 2.05) is 36.4 Å². The van der Waals surface area contributed by atoms with Gasteiger partial charge in [0.2, 0.25) is 0 Å². The number of carbonyl (C=O) groups is 1. The number of Topliss-reactive ketones (excluding diaryl/α,β-unsaturated/α-hetero) is 1. The van der Waals surface area contributed by atoms with Gasteiger partial charge in [-0.05, 0) is 24.0 Å². The van der Waals surface area contributed by atoms with Crippen LogP contribution in [0.5, 0.6) is 0 Å². The number of hydrogen-bond acceptors (Lipinski definition) is 2. The lowest BCUT2D eigenvalue weighted by Crippen LogP contribution is -2.67. The van der Waals surface area contributed by atoms with Gasteiger partial charge in [0.15, 0.2) is 5.78 Å². The van der Waals surface area contributed by atoms with Crippen molar-refractivity contribution in [3.63, 3.8) is 0 Å². The molecule has 21 heavy (non-hydrogen) atoms. The van der Waals surface area contributed by atoms with Crippen LogP contribution in [0.25, 0.3) is 0 Å². The molecule has 0 bridgehead atoms. The summed E-state index contributed by atoms with van der Waals surface area (Å²) in [5.41, 5.74) is 1.52. The van der Waals surface area contributed by atoms with Crippen LogP contribution in [0.15, 0.2) is 60.7 Å². The summed E-state index contributed by atoms with van der Waals surface area (Å²) in [6.45, 7) is 0.760. The molecule has 0 N–H and O–H groups in total. The maximum absolute atomic E-state index is 13.0. The smallest absolute Gasteiger partial charge is 0.156 e. The number of rotatable bonds is 2. The molecule has 1 saturated carbocycles. The van der Waals surface area contributed by atoms with Gasteiger partial charge < -0.3 is 4.74 Å². The third-order valence-corrected chi connectivity index (χ3v) is 4.93. The Morgan fingerprint density at radius 3 is 2.05 bits per heavy atom. The van der Waals surface area contributed by atoms with Crippen molar-refractivity contribution in [2.75, 3.05) is 6.61 Å². The molecule has 0 spiro atoms. The SMILES string of the molecule is O=C1C2CCCOC2C1(c1ccccc1)c1ccccc1. The van der Waals surface area contributed by atoms with Crippen LogP contribution in [0.2, 0.25) is 0 Å². The quantitative estimate of drug-likeness (QED) is 0.842. The third-order valence-electron chi connectivity index (χ3n) is 4.93. The Labute approximate surface area is 124 Å². The van der Waals surface area contributed by atoms with Crippen molar-refractivity contribution >= 4 is 5.78 Å². The van der Waals surface area contributed by atoms with Gasteiger partial charge in [-0.25, -0.2) is 0 Å². The van der Waals surface area contributed by atoms with Crippen LogP contribution in [0.4, 0.5) is 0 Å². The normalized spacial score (nSPS) is 26.8. The minimum absolute atomic E-state index is 0.0106. The average molecular weight is 278 g/mol. The van der Waals surface area contributed by atoms with Gasteiger partial charge in [0.25, 0.3) is 0 Å². The third kappa shape index (κ3) is 1.66. The molecule has 2 fully saturated rings. The number of ketones is 1. The number of carbonyl (C=O) groups excluding carboxylic acids is 1. The molecule has 2 heteroatoms. The van der Waals surface area contributed by atoms with E-state index in [-0.39, 0.29) is 12.0 Å². The van der Waals surface area contributed by atoms with E-state index in [2.05, 4.69) is 24.3 Å². The summed E-state index contributed by atoms with van der Waals surface area (Å²) >= 11 is 0. The standard InChI is InChI=1S/C19H18O2/c20-17-16-12-7-13-21-18(16)19(17,14-8-3-1-4-9-14)15-10-5-2-6-11-15/h1-6,8-11,16,18H,7,12-13H2. The second kappa shape index (κ2) is 4.81. The Kier molecular flexibility index (Phi) is 2.93. The zero-order valence-corrected chi connectivity index (χ0v) is 11.9. The van der Waals surface area contributed by atoms with Crippen LogP contribution in [0, 0.1) is 5.92 Å². The molecular formula is C19H18O2. The molecule has 0 aromatic heterocycles. The topological polar surface area (TPSA) is 26.3 Å². The van der Waals surface area contributed by atoms with Gasteiger partial charge in [0, 0.05) is 12.5 Å². The fourth-order valence-corrected chi connectivity index (χ4v) is 3.99. The van der Waals surface area contributed by atoms with Gasteiger partial charge in [0.1, 0.15) is 5.41 Å². The Bertz CT molecular complexity index is 608. The Morgan fingerprint density at radius 2 is 1.48 bits per heavy atom. The molecule has 2 aliphatic rings. The van der Waals surface area contributed by atoms with Gasteiger partial charge in [-0.1, -0.05) is 60.7 Å². The molecule has 1 heterocycles. The molecule has 0 amide bonds. The van der Waals surface area contributed by atoms with Crippen molar-refractivity contribution in [3.8, 4) is 0 Å². The van der Waals surface area contributed by atoms with Crippen molar-refractivity contribution in [3.05, 3.63) is 71.8 Å². The van der Waals surface area contributed by atoms with E-state index in [4.69, 9.17) is 4.74 Å². The molecule has 106 valence electrons. The predicted molar refractivity (Wildman–Crippen MR) is 81.1 cm³/mol. The van der Waals surface area contributed by atoms with Crippen LogP contribution in [0.3, 0.4) is 0 Å². The van der Waals surface area contributed by atoms with Gasteiger partial charge in [0.05, 0.1) is 6.10 Å². The van der Waals surface area contributed by atoms with Crippen LogP contribution in [0.1, 0.15) is 24.0 Å². The first-order valence-corrected chi connectivity index (χ1v) is 7.62. The maximum atomic E-state index is 13.0. The Hall–Kier alpha value is -1.93. The average Bonchev–Trinajstić information content (AvgIpc) is 2.57. The van der Waals surface area contributed by atoms with Crippen molar-refractivity contribution in [1.82, 2.24) is 0 Å². The van der Waals surface area contributed by atoms with E-state index in [1.165, 1.54) is 0 Å². The van der Waals surface area contributed by atoms with E-state index in [0.29, 0.717) is 5.78 Å². The summed E-state index contributed by atoms with van der Waals surface area (Å²) < 4.78 is 6.05. The summed E-state index contributed by atoms with van der Waals surface area (Å²) in [6, 6.07) is 20.2. The first-order valence-electron chi connectivity index (χ1n) is 7.62. The van der Waals surface area contributed by atoms with Crippen molar-refractivity contribution in [2.24, 2.45) is 5.92 Å². The van der Waals surface area contributed by atoms with E-state index in [1.54, 1.807) is 0 Å². The monoisotopic (exact) mass is 278 g/mol. The zero-order valence-electron chi connectivity index (χ0n) is 11.9. The molecule has 2 unspecified atom stereocenters. The van der Waals surface area contributed by atoms with Crippen LogP contribution >= 0.6 is 0 Å². The molecule has 2 aromatic rings. The van der Waals surface area contributed by atoms with Crippen LogP contribution in [-0.2, 0) is 14.9 Å². The summed E-state index contributed by atoms with van der Waals surface area (Å²) in [5, 5.41) is 0. The molecule has 2 aromatic carbocycles. The maximum Gasteiger partial charge on any atom is 0.156 e. The molecule has 1 saturated heterocycles. The number of benzene rings is 2. The lowest BCUT2D eigenvalue weighted by Gasteiger charge is -2.55. The highest BCUT2D eigenvalue weighted by Crippen LogP contribution is 2.53. The van der Waals surface area contributed by atoms with Gasteiger partial charge in [-0.3, -0.25) is 4.79 Å². The van der Waals surface area contributed by atoms with Gasteiger partial charge in [-0.2, -0.15) is 0 Å². The first kappa shape index (κ1) is 12.8. The summed E-state index contributed by atoms with van der Waals surface area (Å²) in [4.78, 5) is 13.0. The second-order valence-corrected chi connectivity index (χ2v) is 5.94. The summed E-state index contributed by atoms with van der Waals surface area (Å²) in [6.07, 6.45) is 1.95. The highest BCUT2D eigenvalue weighted by atomic mass is 16.5. The molecule has 2 nitrogen and oxygen atoms in total. The molecular weight excluding hydrogens is 260 g/mol. The highest BCUT2D eigenvalue weighted by Gasteiger charge is 2.64. The molecule has 0 radical (unpaired) electrons. The molecule has 2 atom stereocenters. The van der Waals surface area contributed by atoms with Crippen molar-refractivity contribution in [2.45, 2.75) is 24.4 Å². The van der Waals surface area contributed by atoms with E-state index < -0.39 is 5.41 Å². The Balaban J connectivity index is 1.90. The lowest BCUT2D eigenvalue weighted by molar-refractivity contribution is -0.169. The number of hydrogen-bond donors (Lipinski definition) is 0. The Morgan fingerprint density at radius 1 is 0.905 bits per heavy atom. The largest absolute Gasteiger partial charge is 0.376 e. The van der Waals surface area contributed by atoms with E-state index in [0.717, 1.165) is 30.6 Å². The second-order valence-electron chi connectivity index (χ2n) is 5.94. The van der Waals surface area contributed by atoms with Crippen LogP contribution < -0.4 is 0 Å². The predicted octanol–water partition coefficient (Wildman–Crippen LogP) is 3.35. The lowest BCUT2D eigenvalue weighted by atomic mass is 9.50. The van der Waals surface area contributed by atoms with Crippen LogP contribution in [-0.4, -0.2) is 18.5 Å². The minimum Gasteiger partial charge on any atom is -0.376 e. The number of fused-ring (bicyclic) bond motifs is 1. The van der Waals surface area contributed by atoms with E-state index in [9.17, 15) is 4.79 Å². The molecule has 1 aliphatic heterocycles. The highest BCUT2D eigenvalue weighted by molar-refractivity contribution is 6.03. The minimum atomic E-state index is -0.604. The van der Waals surface area contributed by atoms with Crippen molar-refractivity contribution < 1.29 is 9.53 Å². The van der Waals surface area contributed by atoms with E-state index >= 15 is 0 Å². The first-order chi connectivity index (χ1) is 10.3. The number of ether oxygens (including phenoxy) is 1.